The number of carbonyl (C=O) groups excluding carboxylic acids is 1. The Bertz CT molecular complexity index is 481. The average Bonchev–Trinajstić information content (AvgIpc) is 2.46. The van der Waals surface area contributed by atoms with Gasteiger partial charge >= 0.3 is 6.18 Å². The number of amides is 1. The van der Waals surface area contributed by atoms with E-state index >= 15 is 0 Å². The van der Waals surface area contributed by atoms with Crippen LogP contribution in [0.15, 0.2) is 24.3 Å². The van der Waals surface area contributed by atoms with Gasteiger partial charge in [-0.15, -0.1) is 11.6 Å². The Labute approximate surface area is 126 Å². The monoisotopic (exact) mass is 319 g/mol. The molecule has 0 aliphatic heterocycles. The summed E-state index contributed by atoms with van der Waals surface area (Å²) in [6.07, 6.45) is 0.821. The number of benzene rings is 1. The molecule has 1 N–H and O–H groups in total. The standard InChI is InChI=1S/C15H17ClF3NO/c16-13(14(21)20-12-4-2-1-3-5-12)10-6-8-11(9-7-10)15(17,18)19/h6-9,12-13H,1-5H2,(H,20,21). The molecule has 1 aromatic rings. The minimum Gasteiger partial charge on any atom is -0.352 e. The van der Waals surface area contributed by atoms with Gasteiger partial charge in [0.15, 0.2) is 0 Å². The molecule has 116 valence electrons. The van der Waals surface area contributed by atoms with E-state index in [2.05, 4.69) is 5.32 Å². The van der Waals surface area contributed by atoms with Crippen molar-refractivity contribution in [3.8, 4) is 0 Å². The summed E-state index contributed by atoms with van der Waals surface area (Å²) >= 11 is 6.05. The van der Waals surface area contributed by atoms with Crippen molar-refractivity contribution in [2.24, 2.45) is 0 Å². The zero-order valence-corrected chi connectivity index (χ0v) is 12.2. The molecule has 21 heavy (non-hydrogen) atoms. The Morgan fingerprint density at radius 3 is 2.24 bits per heavy atom. The topological polar surface area (TPSA) is 29.1 Å². The first kappa shape index (κ1) is 16.1. The van der Waals surface area contributed by atoms with E-state index in [1.54, 1.807) is 0 Å². The van der Waals surface area contributed by atoms with Gasteiger partial charge in [0.2, 0.25) is 5.91 Å². The Morgan fingerprint density at radius 2 is 1.71 bits per heavy atom. The predicted molar refractivity (Wildman–Crippen MR) is 75.1 cm³/mol. The minimum atomic E-state index is -4.38. The van der Waals surface area contributed by atoms with Crippen LogP contribution < -0.4 is 5.32 Å². The highest BCUT2D eigenvalue weighted by Crippen LogP contribution is 2.31. The molecule has 1 aromatic carbocycles. The number of nitrogens with one attached hydrogen (secondary N) is 1. The highest BCUT2D eigenvalue weighted by Gasteiger charge is 2.30. The Kier molecular flexibility index (Phi) is 5.14. The first-order valence-corrected chi connectivity index (χ1v) is 7.43. The zero-order valence-electron chi connectivity index (χ0n) is 11.4. The van der Waals surface area contributed by atoms with E-state index < -0.39 is 17.1 Å². The van der Waals surface area contributed by atoms with Gasteiger partial charge in [-0.05, 0) is 30.5 Å². The van der Waals surface area contributed by atoms with E-state index in [4.69, 9.17) is 11.6 Å². The second-order valence-corrected chi connectivity index (χ2v) is 5.76. The van der Waals surface area contributed by atoms with Crippen molar-refractivity contribution in [2.45, 2.75) is 49.7 Å². The molecule has 1 aliphatic rings. The molecule has 1 aliphatic carbocycles. The molecule has 6 heteroatoms. The summed E-state index contributed by atoms with van der Waals surface area (Å²) in [4.78, 5) is 12.0. The summed E-state index contributed by atoms with van der Waals surface area (Å²) in [6.45, 7) is 0. The van der Waals surface area contributed by atoms with Gasteiger partial charge in [-0.3, -0.25) is 4.79 Å². The van der Waals surface area contributed by atoms with Gasteiger partial charge in [-0.25, -0.2) is 0 Å². The van der Waals surface area contributed by atoms with Crippen LogP contribution >= 0.6 is 11.6 Å². The lowest BCUT2D eigenvalue weighted by molar-refractivity contribution is -0.137. The lowest BCUT2D eigenvalue weighted by Gasteiger charge is -2.24. The van der Waals surface area contributed by atoms with Gasteiger partial charge in [-0.2, -0.15) is 13.2 Å². The third-order valence-corrected chi connectivity index (χ3v) is 4.16. The van der Waals surface area contributed by atoms with Crippen LogP contribution in [0.5, 0.6) is 0 Å². The molecule has 1 saturated carbocycles. The molecule has 0 spiro atoms. The molecule has 1 amide bonds. The third kappa shape index (κ3) is 4.37. The maximum absolute atomic E-state index is 12.5. The number of halogens is 4. The summed E-state index contributed by atoms with van der Waals surface area (Å²) in [6, 6.07) is 4.51. The van der Waals surface area contributed by atoms with E-state index in [1.807, 2.05) is 0 Å². The van der Waals surface area contributed by atoms with Gasteiger partial charge in [0.05, 0.1) is 5.56 Å². The molecule has 0 bridgehead atoms. The van der Waals surface area contributed by atoms with Crippen molar-refractivity contribution in [3.05, 3.63) is 35.4 Å². The van der Waals surface area contributed by atoms with Crippen LogP contribution in [0.1, 0.15) is 48.6 Å². The molecule has 1 unspecified atom stereocenters. The maximum atomic E-state index is 12.5. The molecule has 0 aromatic heterocycles. The normalized spacial score (nSPS) is 18.3. The molecular weight excluding hydrogens is 303 g/mol. The molecule has 2 nitrogen and oxygen atoms in total. The number of hydrogen-bond acceptors (Lipinski definition) is 1. The summed E-state index contributed by atoms with van der Waals surface area (Å²) in [7, 11) is 0. The SMILES string of the molecule is O=C(NC1CCCCC1)C(Cl)c1ccc(C(F)(F)F)cc1. The van der Waals surface area contributed by atoms with Crippen LogP contribution in [0.25, 0.3) is 0 Å². The highest BCUT2D eigenvalue weighted by molar-refractivity contribution is 6.30. The average molecular weight is 320 g/mol. The quantitative estimate of drug-likeness (QED) is 0.820. The number of carbonyl (C=O) groups is 1. The smallest absolute Gasteiger partial charge is 0.352 e. The van der Waals surface area contributed by atoms with Gasteiger partial charge in [0.25, 0.3) is 0 Å². The van der Waals surface area contributed by atoms with Gasteiger partial charge in [0.1, 0.15) is 5.38 Å². The van der Waals surface area contributed by atoms with E-state index in [1.165, 1.54) is 18.6 Å². The van der Waals surface area contributed by atoms with Crippen molar-refractivity contribution in [1.82, 2.24) is 5.32 Å². The molecule has 0 heterocycles. The van der Waals surface area contributed by atoms with Crippen LogP contribution in [-0.2, 0) is 11.0 Å². The summed E-state index contributed by atoms with van der Waals surface area (Å²) in [5.74, 6) is -0.344. The van der Waals surface area contributed by atoms with Gasteiger partial charge < -0.3 is 5.32 Å². The number of rotatable bonds is 3. The van der Waals surface area contributed by atoms with Crippen molar-refractivity contribution in [2.75, 3.05) is 0 Å². The van der Waals surface area contributed by atoms with Crippen molar-refractivity contribution in [1.29, 1.82) is 0 Å². The largest absolute Gasteiger partial charge is 0.416 e. The Balaban J connectivity index is 1.98. The second-order valence-electron chi connectivity index (χ2n) is 5.33. The van der Waals surface area contributed by atoms with Crippen LogP contribution in [0.2, 0.25) is 0 Å². The van der Waals surface area contributed by atoms with Crippen LogP contribution in [0.3, 0.4) is 0 Å². The molecule has 0 saturated heterocycles. The Hall–Kier alpha value is -1.23. The van der Waals surface area contributed by atoms with E-state index in [-0.39, 0.29) is 11.9 Å². The molecule has 1 fully saturated rings. The fourth-order valence-electron chi connectivity index (χ4n) is 2.51. The Morgan fingerprint density at radius 1 is 1.14 bits per heavy atom. The lowest BCUT2D eigenvalue weighted by atomic mass is 9.95. The van der Waals surface area contributed by atoms with Gasteiger partial charge in [-0.1, -0.05) is 31.4 Å². The van der Waals surface area contributed by atoms with E-state index in [0.717, 1.165) is 37.8 Å². The maximum Gasteiger partial charge on any atom is 0.416 e. The van der Waals surface area contributed by atoms with Crippen molar-refractivity contribution >= 4 is 17.5 Å². The predicted octanol–water partition coefficient (Wildman–Crippen LogP) is 4.43. The lowest BCUT2D eigenvalue weighted by Crippen LogP contribution is -2.38. The van der Waals surface area contributed by atoms with Crippen molar-refractivity contribution in [3.63, 3.8) is 0 Å². The summed E-state index contributed by atoms with van der Waals surface area (Å²) in [5, 5.41) is 1.91. The first-order chi connectivity index (χ1) is 9.88. The summed E-state index contributed by atoms with van der Waals surface area (Å²) < 4.78 is 37.4. The second kappa shape index (κ2) is 6.69. The van der Waals surface area contributed by atoms with Crippen LogP contribution in [-0.4, -0.2) is 11.9 Å². The zero-order chi connectivity index (χ0) is 15.5. The molecular formula is C15H17ClF3NO. The number of hydrogen-bond donors (Lipinski definition) is 1. The molecule has 2 rings (SSSR count). The van der Waals surface area contributed by atoms with Crippen LogP contribution in [0.4, 0.5) is 13.2 Å². The number of alkyl halides is 4. The first-order valence-electron chi connectivity index (χ1n) is 6.99. The summed E-state index contributed by atoms with van der Waals surface area (Å²) in [5.41, 5.74) is -0.374. The molecule has 0 radical (unpaired) electrons. The fraction of sp³-hybridized carbons (Fsp3) is 0.533. The minimum absolute atomic E-state index is 0.127. The van der Waals surface area contributed by atoms with E-state index in [9.17, 15) is 18.0 Å². The van der Waals surface area contributed by atoms with E-state index in [0.29, 0.717) is 5.56 Å². The van der Waals surface area contributed by atoms with Gasteiger partial charge in [0, 0.05) is 6.04 Å². The van der Waals surface area contributed by atoms with Crippen LogP contribution in [0, 0.1) is 0 Å². The van der Waals surface area contributed by atoms with Crippen molar-refractivity contribution < 1.29 is 18.0 Å². The highest BCUT2D eigenvalue weighted by atomic mass is 35.5. The third-order valence-electron chi connectivity index (χ3n) is 3.71. The molecule has 1 atom stereocenters. The fourth-order valence-corrected chi connectivity index (χ4v) is 2.72.